The van der Waals surface area contributed by atoms with Crippen LogP contribution in [-0.4, -0.2) is 33.2 Å². The first-order valence-electron chi connectivity index (χ1n) is 12.1. The second kappa shape index (κ2) is 10.6. The van der Waals surface area contributed by atoms with E-state index in [0.717, 1.165) is 45.5 Å². The third kappa shape index (κ3) is 5.32. The molecule has 0 saturated carbocycles. The van der Waals surface area contributed by atoms with Gasteiger partial charge in [0.2, 0.25) is 0 Å². The Bertz CT molecular complexity index is 1490. The zero-order valence-electron chi connectivity index (χ0n) is 21.9. The molecule has 1 aliphatic heterocycles. The average molecular weight is 515 g/mol. The van der Waals surface area contributed by atoms with E-state index in [4.69, 9.17) is 4.74 Å². The van der Waals surface area contributed by atoms with E-state index in [0.29, 0.717) is 10.5 Å². The molecule has 0 bridgehead atoms. The molecule has 4 rings (SSSR count). The third-order valence-electron chi connectivity index (χ3n) is 6.22. The molecule has 3 aromatic rings. The first kappa shape index (κ1) is 26.2. The smallest absolute Gasteiger partial charge is 0.344 e. The Morgan fingerprint density at radius 1 is 1.00 bits per heavy atom. The maximum atomic E-state index is 12.8. The second-order valence-electron chi connectivity index (χ2n) is 9.09. The van der Waals surface area contributed by atoms with E-state index < -0.39 is 11.9 Å². The molecule has 2 heterocycles. The summed E-state index contributed by atoms with van der Waals surface area (Å²) in [6.07, 6.45) is 1.82. The van der Waals surface area contributed by atoms with Gasteiger partial charge in [0.1, 0.15) is 16.4 Å². The number of esters is 1. The summed E-state index contributed by atoms with van der Waals surface area (Å²) >= 11 is 1.08. The minimum absolute atomic E-state index is 0.0956. The number of carbonyl (C=O) groups is 2. The number of aliphatic hydroxyl groups excluding tert-OH is 1. The fourth-order valence-corrected chi connectivity index (χ4v) is 5.35. The van der Waals surface area contributed by atoms with E-state index in [1.165, 1.54) is 5.56 Å². The van der Waals surface area contributed by atoms with E-state index in [1.807, 2.05) is 45.0 Å². The van der Waals surface area contributed by atoms with Crippen LogP contribution in [-0.2, 0) is 9.53 Å². The Balaban J connectivity index is 1.76. The SMILES string of the molecule is CCOC(=O)C1=C(O)/C(=C/c2cc(C)n(-c3ccc(C)cc3C)c2C)SC1=NC(=O)c1ccc(C)cc1. The number of aryl methyl sites for hydroxylation is 4. The van der Waals surface area contributed by atoms with E-state index in [9.17, 15) is 14.7 Å². The number of hydrogen-bond acceptors (Lipinski definition) is 5. The fraction of sp³-hybridized carbons (Fsp3) is 0.233. The van der Waals surface area contributed by atoms with E-state index in [1.54, 1.807) is 19.1 Å². The van der Waals surface area contributed by atoms with Crippen molar-refractivity contribution in [2.45, 2.75) is 41.5 Å². The van der Waals surface area contributed by atoms with Crippen LogP contribution in [0, 0.1) is 34.6 Å². The molecule has 0 aliphatic carbocycles. The number of benzene rings is 2. The highest BCUT2D eigenvalue weighted by molar-refractivity contribution is 8.18. The minimum Gasteiger partial charge on any atom is -0.506 e. The Hall–Kier alpha value is -3.84. The van der Waals surface area contributed by atoms with Crippen molar-refractivity contribution in [1.82, 2.24) is 4.57 Å². The first-order valence-corrected chi connectivity index (χ1v) is 12.9. The van der Waals surface area contributed by atoms with Crippen LogP contribution in [0.5, 0.6) is 0 Å². The first-order chi connectivity index (χ1) is 17.6. The van der Waals surface area contributed by atoms with Crippen LogP contribution < -0.4 is 0 Å². The van der Waals surface area contributed by atoms with E-state index in [2.05, 4.69) is 41.6 Å². The highest BCUT2D eigenvalue weighted by Gasteiger charge is 2.34. The molecule has 1 aromatic heterocycles. The van der Waals surface area contributed by atoms with Crippen molar-refractivity contribution in [2.24, 2.45) is 4.99 Å². The monoisotopic (exact) mass is 514 g/mol. The molecular formula is C30H30N2O4S. The summed E-state index contributed by atoms with van der Waals surface area (Å²) in [7, 11) is 0. The van der Waals surface area contributed by atoms with E-state index in [-0.39, 0.29) is 23.0 Å². The van der Waals surface area contributed by atoms with Crippen molar-refractivity contribution in [3.05, 3.63) is 104 Å². The lowest BCUT2D eigenvalue weighted by molar-refractivity contribution is -0.138. The standard InChI is InChI=1S/C30H30N2O4S/c1-7-36-30(35)26-27(33)25(37-29(26)31-28(34)22-11-8-17(2)9-12-22)16-23-15-20(5)32(21(23)6)24-13-10-18(3)14-19(24)4/h8-16,33H,7H2,1-6H3/b25-16-,31-29?. The van der Waals surface area contributed by atoms with Crippen LogP contribution >= 0.6 is 11.8 Å². The van der Waals surface area contributed by atoms with Gasteiger partial charge in [0.15, 0.2) is 0 Å². The van der Waals surface area contributed by atoms with Gasteiger partial charge in [0.25, 0.3) is 5.91 Å². The molecular weight excluding hydrogens is 484 g/mol. The molecule has 7 heteroatoms. The number of hydrogen-bond donors (Lipinski definition) is 1. The van der Waals surface area contributed by atoms with Crippen LogP contribution in [0.4, 0.5) is 0 Å². The van der Waals surface area contributed by atoms with Crippen molar-refractivity contribution in [1.29, 1.82) is 0 Å². The van der Waals surface area contributed by atoms with Crippen molar-refractivity contribution in [2.75, 3.05) is 6.61 Å². The summed E-state index contributed by atoms with van der Waals surface area (Å²) in [6, 6.07) is 15.4. The number of ether oxygens (including phenoxy) is 1. The maximum Gasteiger partial charge on any atom is 0.344 e. The van der Waals surface area contributed by atoms with Crippen LogP contribution in [0.25, 0.3) is 11.8 Å². The van der Waals surface area contributed by atoms with E-state index >= 15 is 0 Å². The largest absolute Gasteiger partial charge is 0.506 e. The highest BCUT2D eigenvalue weighted by atomic mass is 32.2. The lowest BCUT2D eigenvalue weighted by Crippen LogP contribution is -2.14. The van der Waals surface area contributed by atoms with Gasteiger partial charge in [0, 0.05) is 22.6 Å². The number of aromatic nitrogens is 1. The maximum absolute atomic E-state index is 12.8. The molecule has 0 spiro atoms. The summed E-state index contributed by atoms with van der Waals surface area (Å²) < 4.78 is 7.33. The number of aliphatic imine (C=N–C) groups is 1. The minimum atomic E-state index is -0.716. The van der Waals surface area contributed by atoms with Gasteiger partial charge in [-0.3, -0.25) is 4.79 Å². The number of nitrogens with zero attached hydrogens (tertiary/aromatic N) is 2. The normalized spacial score (nSPS) is 15.6. The van der Waals surface area contributed by atoms with Crippen LogP contribution in [0.2, 0.25) is 0 Å². The predicted octanol–water partition coefficient (Wildman–Crippen LogP) is 6.72. The predicted molar refractivity (Wildman–Crippen MR) is 150 cm³/mol. The Kier molecular flexibility index (Phi) is 7.55. The Morgan fingerprint density at radius 3 is 2.32 bits per heavy atom. The van der Waals surface area contributed by atoms with Crippen molar-refractivity contribution < 1.29 is 19.4 Å². The van der Waals surface area contributed by atoms with Gasteiger partial charge in [-0.25, -0.2) is 9.79 Å². The Morgan fingerprint density at radius 2 is 1.68 bits per heavy atom. The summed E-state index contributed by atoms with van der Waals surface area (Å²) in [4.78, 5) is 30.2. The summed E-state index contributed by atoms with van der Waals surface area (Å²) in [5.41, 5.74) is 7.68. The van der Waals surface area contributed by atoms with Crippen LogP contribution in [0.1, 0.15) is 50.9 Å². The molecule has 6 nitrogen and oxygen atoms in total. The summed E-state index contributed by atoms with van der Waals surface area (Å²) in [5.74, 6) is -1.45. The van der Waals surface area contributed by atoms with Crippen molar-refractivity contribution in [3.63, 3.8) is 0 Å². The number of amides is 1. The molecule has 0 saturated heterocycles. The molecule has 0 atom stereocenters. The quantitative estimate of drug-likeness (QED) is 0.382. The topological polar surface area (TPSA) is 80.9 Å². The van der Waals surface area contributed by atoms with Gasteiger partial charge in [-0.15, -0.1) is 0 Å². The lowest BCUT2D eigenvalue weighted by Gasteiger charge is -2.13. The van der Waals surface area contributed by atoms with Gasteiger partial charge in [0.05, 0.1) is 11.5 Å². The second-order valence-corrected chi connectivity index (χ2v) is 10.1. The molecule has 0 unspecified atom stereocenters. The zero-order valence-corrected chi connectivity index (χ0v) is 22.7. The van der Waals surface area contributed by atoms with Crippen molar-refractivity contribution in [3.8, 4) is 5.69 Å². The van der Waals surface area contributed by atoms with Gasteiger partial charge in [-0.2, -0.15) is 0 Å². The molecule has 2 aromatic carbocycles. The zero-order chi connectivity index (χ0) is 26.9. The lowest BCUT2D eigenvalue weighted by atomic mass is 10.1. The average Bonchev–Trinajstić information content (AvgIpc) is 3.29. The van der Waals surface area contributed by atoms with Crippen LogP contribution in [0.3, 0.4) is 0 Å². The Labute approximate surface area is 221 Å². The molecule has 0 radical (unpaired) electrons. The van der Waals surface area contributed by atoms with Crippen LogP contribution in [0.15, 0.2) is 69.8 Å². The fourth-order valence-electron chi connectivity index (χ4n) is 4.35. The number of thioether (sulfide) groups is 1. The number of carbonyl (C=O) groups excluding carboxylic acids is 2. The molecule has 1 aliphatic rings. The number of rotatable bonds is 5. The molecule has 0 fully saturated rings. The molecule has 1 amide bonds. The van der Waals surface area contributed by atoms with Gasteiger partial charge < -0.3 is 14.4 Å². The van der Waals surface area contributed by atoms with Gasteiger partial charge >= 0.3 is 5.97 Å². The molecule has 37 heavy (non-hydrogen) atoms. The molecule has 190 valence electrons. The van der Waals surface area contributed by atoms with Gasteiger partial charge in [-0.1, -0.05) is 47.2 Å². The summed E-state index contributed by atoms with van der Waals surface area (Å²) in [6.45, 7) is 11.9. The van der Waals surface area contributed by atoms with Gasteiger partial charge in [-0.05, 0) is 83.0 Å². The number of aliphatic hydroxyl groups is 1. The van der Waals surface area contributed by atoms with Crippen molar-refractivity contribution >= 4 is 34.8 Å². The third-order valence-corrected chi connectivity index (χ3v) is 7.24. The molecule has 1 N–H and O–H groups in total. The summed E-state index contributed by atoms with van der Waals surface area (Å²) in [5, 5.41) is 11.2. The highest BCUT2D eigenvalue weighted by Crippen LogP contribution is 2.40.